The van der Waals surface area contributed by atoms with Crippen molar-refractivity contribution in [3.63, 3.8) is 0 Å². The first-order valence-electron chi connectivity index (χ1n) is 7.02. The molecule has 4 heteroatoms. The van der Waals surface area contributed by atoms with E-state index in [1.165, 1.54) is 0 Å². The highest BCUT2D eigenvalue weighted by Crippen LogP contribution is 2.48. The summed E-state index contributed by atoms with van der Waals surface area (Å²) in [5.74, 6) is -1.08. The van der Waals surface area contributed by atoms with Gasteiger partial charge in [-0.15, -0.1) is 0 Å². The second-order valence-electron chi connectivity index (χ2n) is 5.89. The smallest absolute Gasteiger partial charge is 0.319 e. The van der Waals surface area contributed by atoms with Crippen molar-refractivity contribution in [1.29, 1.82) is 0 Å². The molecule has 102 valence electrons. The van der Waals surface area contributed by atoms with Gasteiger partial charge in [-0.05, 0) is 31.1 Å². The fourth-order valence-corrected chi connectivity index (χ4v) is 3.09. The molecule has 1 heterocycles. The van der Waals surface area contributed by atoms with Gasteiger partial charge in [0.2, 0.25) is 5.91 Å². The van der Waals surface area contributed by atoms with Gasteiger partial charge in [0.1, 0.15) is 5.41 Å². The van der Waals surface area contributed by atoms with Crippen LogP contribution in [-0.4, -0.2) is 35.0 Å². The van der Waals surface area contributed by atoms with Crippen LogP contribution in [0.2, 0.25) is 0 Å². The van der Waals surface area contributed by atoms with Gasteiger partial charge in [-0.25, -0.2) is 0 Å². The minimum atomic E-state index is -1.06. The van der Waals surface area contributed by atoms with Crippen molar-refractivity contribution in [2.75, 3.05) is 13.1 Å². The standard InChI is InChI=1S/C14H23NO3/c1-3-13(4-2)7-9-15(10-8-13)11(16)14(5-6-14)12(17)18/h3-10H2,1-2H3,(H,17,18). The maximum absolute atomic E-state index is 12.3. The van der Waals surface area contributed by atoms with Crippen LogP contribution in [0.25, 0.3) is 0 Å². The van der Waals surface area contributed by atoms with Crippen molar-refractivity contribution in [2.45, 2.75) is 52.4 Å². The second kappa shape index (κ2) is 4.56. The minimum Gasteiger partial charge on any atom is -0.480 e. The molecule has 1 aliphatic carbocycles. The van der Waals surface area contributed by atoms with Gasteiger partial charge in [0, 0.05) is 13.1 Å². The van der Waals surface area contributed by atoms with Crippen LogP contribution in [0.1, 0.15) is 52.4 Å². The van der Waals surface area contributed by atoms with Crippen LogP contribution in [-0.2, 0) is 9.59 Å². The number of carboxylic acids is 1. The van der Waals surface area contributed by atoms with Gasteiger partial charge in [-0.1, -0.05) is 26.7 Å². The fraction of sp³-hybridized carbons (Fsp3) is 0.857. The van der Waals surface area contributed by atoms with E-state index in [-0.39, 0.29) is 5.91 Å². The third-order valence-corrected chi connectivity index (χ3v) is 5.18. The lowest BCUT2D eigenvalue weighted by atomic mass is 9.74. The van der Waals surface area contributed by atoms with Crippen LogP contribution in [0.4, 0.5) is 0 Å². The molecule has 4 nitrogen and oxygen atoms in total. The Labute approximate surface area is 108 Å². The van der Waals surface area contributed by atoms with E-state index in [0.717, 1.165) is 38.8 Å². The summed E-state index contributed by atoms with van der Waals surface area (Å²) in [6.07, 6.45) is 5.36. The lowest BCUT2D eigenvalue weighted by Gasteiger charge is -2.41. The first kappa shape index (κ1) is 13.4. The Morgan fingerprint density at radius 3 is 1.89 bits per heavy atom. The number of hydrogen-bond donors (Lipinski definition) is 1. The summed E-state index contributed by atoms with van der Waals surface area (Å²) >= 11 is 0. The molecule has 0 spiro atoms. The van der Waals surface area contributed by atoms with Gasteiger partial charge >= 0.3 is 5.97 Å². The highest BCUT2D eigenvalue weighted by atomic mass is 16.4. The number of carboxylic acid groups (broad SMARTS) is 1. The van der Waals surface area contributed by atoms with Gasteiger partial charge < -0.3 is 10.0 Å². The fourth-order valence-electron chi connectivity index (χ4n) is 3.09. The topological polar surface area (TPSA) is 57.6 Å². The number of nitrogens with zero attached hydrogens (tertiary/aromatic N) is 1. The van der Waals surface area contributed by atoms with Gasteiger partial charge in [0.25, 0.3) is 0 Å². The first-order chi connectivity index (χ1) is 8.49. The van der Waals surface area contributed by atoms with Crippen LogP contribution >= 0.6 is 0 Å². The number of carbonyl (C=O) groups is 2. The van der Waals surface area contributed by atoms with Gasteiger partial charge in [-0.2, -0.15) is 0 Å². The monoisotopic (exact) mass is 253 g/mol. The zero-order valence-electron chi connectivity index (χ0n) is 11.4. The van der Waals surface area contributed by atoms with E-state index < -0.39 is 11.4 Å². The average molecular weight is 253 g/mol. The Bertz CT molecular complexity index is 346. The third kappa shape index (κ3) is 2.02. The van der Waals surface area contributed by atoms with Crippen LogP contribution in [0.3, 0.4) is 0 Å². The number of piperidine rings is 1. The molecule has 0 aromatic heterocycles. The summed E-state index contributed by atoms with van der Waals surface area (Å²) in [5.41, 5.74) is -0.685. The van der Waals surface area contributed by atoms with Gasteiger partial charge in [0.05, 0.1) is 0 Å². The normalized spacial score (nSPS) is 24.7. The van der Waals surface area contributed by atoms with Crippen molar-refractivity contribution in [2.24, 2.45) is 10.8 Å². The predicted octanol–water partition coefficient (Wildman–Crippen LogP) is 2.28. The predicted molar refractivity (Wildman–Crippen MR) is 68.1 cm³/mol. The summed E-state index contributed by atoms with van der Waals surface area (Å²) in [6, 6.07) is 0. The van der Waals surface area contributed by atoms with Crippen molar-refractivity contribution in [3.05, 3.63) is 0 Å². The van der Waals surface area contributed by atoms with E-state index in [9.17, 15) is 9.59 Å². The molecule has 2 rings (SSSR count). The number of aliphatic carboxylic acids is 1. The Kier molecular flexibility index (Phi) is 3.39. The van der Waals surface area contributed by atoms with E-state index in [2.05, 4.69) is 13.8 Å². The molecule has 2 aliphatic rings. The highest BCUT2D eigenvalue weighted by Gasteiger charge is 2.58. The molecular formula is C14H23NO3. The third-order valence-electron chi connectivity index (χ3n) is 5.18. The molecule has 0 aromatic rings. The zero-order valence-corrected chi connectivity index (χ0v) is 11.4. The van der Waals surface area contributed by atoms with Gasteiger partial charge in [0.15, 0.2) is 0 Å². The summed E-state index contributed by atoms with van der Waals surface area (Å²) in [7, 11) is 0. The van der Waals surface area contributed by atoms with Crippen molar-refractivity contribution in [3.8, 4) is 0 Å². The van der Waals surface area contributed by atoms with E-state index in [1.807, 2.05) is 0 Å². The number of rotatable bonds is 4. The number of likely N-dealkylation sites (tertiary alicyclic amines) is 1. The minimum absolute atomic E-state index is 0.143. The Morgan fingerprint density at radius 2 is 1.56 bits per heavy atom. The molecular weight excluding hydrogens is 230 g/mol. The molecule has 18 heavy (non-hydrogen) atoms. The van der Waals surface area contributed by atoms with Crippen LogP contribution in [0, 0.1) is 10.8 Å². The number of amides is 1. The maximum atomic E-state index is 12.3. The molecule has 0 aromatic carbocycles. The number of hydrogen-bond acceptors (Lipinski definition) is 2. The summed E-state index contributed by atoms with van der Waals surface area (Å²) < 4.78 is 0. The molecule has 0 atom stereocenters. The van der Waals surface area contributed by atoms with Crippen molar-refractivity contribution >= 4 is 11.9 Å². The Balaban J connectivity index is 1.98. The van der Waals surface area contributed by atoms with Crippen LogP contribution in [0.5, 0.6) is 0 Å². The second-order valence-corrected chi connectivity index (χ2v) is 5.89. The lowest BCUT2D eigenvalue weighted by molar-refractivity contribution is -0.154. The van der Waals surface area contributed by atoms with Crippen molar-refractivity contribution in [1.82, 2.24) is 4.90 Å². The van der Waals surface area contributed by atoms with E-state index in [4.69, 9.17) is 5.11 Å². The lowest BCUT2D eigenvalue weighted by Crippen LogP contribution is -2.47. The SMILES string of the molecule is CCC1(CC)CCN(C(=O)C2(C(=O)O)CC2)CC1. The number of carbonyl (C=O) groups excluding carboxylic acids is 1. The molecule has 1 amide bonds. The highest BCUT2D eigenvalue weighted by molar-refractivity contribution is 6.04. The van der Waals surface area contributed by atoms with Crippen LogP contribution < -0.4 is 0 Å². The zero-order chi connectivity index (χ0) is 13.4. The van der Waals surface area contributed by atoms with E-state index in [1.54, 1.807) is 4.90 Å². The summed E-state index contributed by atoms with van der Waals surface area (Å²) in [4.78, 5) is 25.2. The first-order valence-corrected chi connectivity index (χ1v) is 7.02. The Hall–Kier alpha value is -1.06. The quantitative estimate of drug-likeness (QED) is 0.782. The Morgan fingerprint density at radius 1 is 1.06 bits per heavy atom. The molecule has 0 bridgehead atoms. The van der Waals surface area contributed by atoms with Crippen LogP contribution in [0.15, 0.2) is 0 Å². The van der Waals surface area contributed by atoms with E-state index >= 15 is 0 Å². The van der Waals surface area contributed by atoms with Crippen molar-refractivity contribution < 1.29 is 14.7 Å². The maximum Gasteiger partial charge on any atom is 0.319 e. The molecule has 1 N–H and O–H groups in total. The molecule has 1 saturated carbocycles. The largest absolute Gasteiger partial charge is 0.480 e. The molecule has 0 unspecified atom stereocenters. The summed E-state index contributed by atoms with van der Waals surface area (Å²) in [6.45, 7) is 5.88. The molecule has 2 fully saturated rings. The average Bonchev–Trinajstić information content (AvgIpc) is 3.19. The molecule has 0 radical (unpaired) electrons. The van der Waals surface area contributed by atoms with E-state index in [0.29, 0.717) is 18.3 Å². The summed E-state index contributed by atoms with van der Waals surface area (Å²) in [5, 5.41) is 9.15. The van der Waals surface area contributed by atoms with Gasteiger partial charge in [-0.3, -0.25) is 9.59 Å². The molecule has 1 aliphatic heterocycles. The molecule has 1 saturated heterocycles.